The van der Waals surface area contributed by atoms with Crippen molar-refractivity contribution in [3.8, 4) is 0 Å². The Morgan fingerprint density at radius 2 is 1.97 bits per heavy atom. The number of fused-ring (bicyclic) bond motifs is 3. The van der Waals surface area contributed by atoms with Crippen molar-refractivity contribution in [2.24, 2.45) is 0 Å². The number of carbonyl (C=O) groups is 2. The van der Waals surface area contributed by atoms with Crippen LogP contribution in [0.25, 0.3) is 0 Å². The van der Waals surface area contributed by atoms with Gasteiger partial charge in [0.2, 0.25) is 0 Å². The molecule has 2 N–H and O–H groups in total. The summed E-state index contributed by atoms with van der Waals surface area (Å²) in [4.78, 5) is 33.6. The van der Waals surface area contributed by atoms with Crippen LogP contribution in [0.5, 0.6) is 0 Å². The van der Waals surface area contributed by atoms with Gasteiger partial charge >= 0.3 is 6.03 Å². The second-order valence-corrected chi connectivity index (χ2v) is 7.91. The number of nitrogens with zero attached hydrogens (tertiary/aromatic N) is 3. The number of amides is 3. The molecular formula is C24H21FN4O3. The van der Waals surface area contributed by atoms with Crippen LogP contribution in [0.15, 0.2) is 73.1 Å². The van der Waals surface area contributed by atoms with Crippen molar-refractivity contribution in [1.29, 1.82) is 0 Å². The first kappa shape index (κ1) is 20.1. The molecule has 3 atom stereocenters. The lowest BCUT2D eigenvalue weighted by Gasteiger charge is -2.58. The molecule has 1 fully saturated rings. The predicted molar refractivity (Wildman–Crippen MR) is 117 cm³/mol. The van der Waals surface area contributed by atoms with Crippen molar-refractivity contribution in [3.63, 3.8) is 0 Å². The van der Waals surface area contributed by atoms with Gasteiger partial charge in [-0.2, -0.15) is 0 Å². The molecule has 5 rings (SSSR count). The zero-order chi connectivity index (χ0) is 22.2. The molecule has 7 nitrogen and oxygen atoms in total. The lowest BCUT2D eigenvalue weighted by molar-refractivity contribution is -0.00266. The van der Waals surface area contributed by atoms with Crippen molar-refractivity contribution >= 4 is 23.3 Å². The maximum absolute atomic E-state index is 13.5. The number of nitrogens with one attached hydrogen (secondary N) is 1. The van der Waals surface area contributed by atoms with Crippen LogP contribution in [0.2, 0.25) is 0 Å². The molecule has 0 unspecified atom stereocenters. The zero-order valence-electron chi connectivity index (χ0n) is 17.1. The quantitative estimate of drug-likeness (QED) is 0.665. The third-order valence-corrected chi connectivity index (χ3v) is 6.15. The average Bonchev–Trinajstić information content (AvgIpc) is 2.79. The number of rotatable bonds is 3. The average molecular weight is 432 g/mol. The fourth-order valence-corrected chi connectivity index (χ4v) is 4.76. The third-order valence-electron chi connectivity index (χ3n) is 6.15. The number of para-hydroxylation sites is 1. The second-order valence-electron chi connectivity index (χ2n) is 7.91. The van der Waals surface area contributed by atoms with Crippen molar-refractivity contribution in [2.75, 3.05) is 23.4 Å². The van der Waals surface area contributed by atoms with Gasteiger partial charge in [0.1, 0.15) is 5.82 Å². The van der Waals surface area contributed by atoms with Gasteiger partial charge in [0, 0.05) is 36.2 Å². The van der Waals surface area contributed by atoms with Crippen LogP contribution in [0.3, 0.4) is 0 Å². The number of halogens is 1. The Kier molecular flexibility index (Phi) is 5.07. The molecule has 32 heavy (non-hydrogen) atoms. The van der Waals surface area contributed by atoms with E-state index in [9.17, 15) is 19.1 Å². The first-order chi connectivity index (χ1) is 15.6. The maximum atomic E-state index is 13.5. The van der Waals surface area contributed by atoms with Gasteiger partial charge in [0.25, 0.3) is 5.91 Å². The van der Waals surface area contributed by atoms with Crippen LogP contribution in [-0.4, -0.2) is 52.2 Å². The number of urea groups is 1. The first-order valence-corrected chi connectivity index (χ1v) is 10.3. The number of aliphatic hydroxyl groups is 1. The SMILES string of the molecule is O=C(c1cccnc1)N1C[C@@H]2[C@H](c3ccccc31)[C@@H](CO)N2C(=O)Nc1cccc(F)c1. The van der Waals surface area contributed by atoms with E-state index in [0.29, 0.717) is 11.3 Å². The Morgan fingerprint density at radius 1 is 1.12 bits per heavy atom. The summed E-state index contributed by atoms with van der Waals surface area (Å²) in [5, 5.41) is 12.8. The molecule has 2 aliphatic heterocycles. The Hall–Kier alpha value is -3.78. The molecule has 0 spiro atoms. The highest BCUT2D eigenvalue weighted by Gasteiger charge is 2.55. The number of aliphatic hydroxyl groups excluding tert-OH is 1. The van der Waals surface area contributed by atoms with E-state index in [0.717, 1.165) is 11.3 Å². The summed E-state index contributed by atoms with van der Waals surface area (Å²) in [6.45, 7) is 0.0606. The first-order valence-electron chi connectivity index (χ1n) is 10.3. The minimum Gasteiger partial charge on any atom is -0.394 e. The molecule has 0 bridgehead atoms. The largest absolute Gasteiger partial charge is 0.394 e. The molecule has 2 aliphatic rings. The number of hydrogen-bond donors (Lipinski definition) is 2. The lowest BCUT2D eigenvalue weighted by atomic mass is 9.72. The number of anilines is 2. The summed E-state index contributed by atoms with van der Waals surface area (Å²) in [6.07, 6.45) is 3.12. The van der Waals surface area contributed by atoms with E-state index in [-0.39, 0.29) is 31.0 Å². The molecule has 0 radical (unpaired) electrons. The van der Waals surface area contributed by atoms with Gasteiger partial charge in [0.05, 0.1) is 24.3 Å². The number of aromatic nitrogens is 1. The molecule has 2 aromatic carbocycles. The smallest absolute Gasteiger partial charge is 0.322 e. The Labute approximate surface area is 184 Å². The van der Waals surface area contributed by atoms with Crippen LogP contribution in [-0.2, 0) is 0 Å². The van der Waals surface area contributed by atoms with Crippen LogP contribution >= 0.6 is 0 Å². The molecule has 0 saturated carbocycles. The molecule has 0 aliphatic carbocycles. The van der Waals surface area contributed by atoms with E-state index in [4.69, 9.17) is 0 Å². The Balaban J connectivity index is 1.47. The van der Waals surface area contributed by atoms with Gasteiger partial charge in [-0.3, -0.25) is 9.78 Å². The normalized spacial score (nSPS) is 21.2. The van der Waals surface area contributed by atoms with Gasteiger partial charge in [-0.25, -0.2) is 9.18 Å². The van der Waals surface area contributed by atoms with Crippen molar-refractivity contribution < 1.29 is 19.1 Å². The number of likely N-dealkylation sites (tertiary alicyclic amines) is 1. The van der Waals surface area contributed by atoms with E-state index in [1.165, 1.54) is 24.4 Å². The zero-order valence-corrected chi connectivity index (χ0v) is 17.1. The maximum Gasteiger partial charge on any atom is 0.322 e. The third kappa shape index (κ3) is 3.29. The number of carbonyl (C=O) groups excluding carboxylic acids is 2. The molecule has 8 heteroatoms. The van der Waals surface area contributed by atoms with E-state index in [1.54, 1.807) is 34.2 Å². The minimum atomic E-state index is -0.456. The van der Waals surface area contributed by atoms with Crippen molar-refractivity contribution in [3.05, 3.63) is 90.0 Å². The lowest BCUT2D eigenvalue weighted by Crippen LogP contribution is -2.71. The van der Waals surface area contributed by atoms with Gasteiger partial charge < -0.3 is 20.2 Å². The molecule has 162 valence electrons. The Morgan fingerprint density at radius 3 is 2.72 bits per heavy atom. The number of benzene rings is 2. The van der Waals surface area contributed by atoms with Crippen molar-refractivity contribution in [1.82, 2.24) is 9.88 Å². The summed E-state index contributed by atoms with van der Waals surface area (Å²) in [7, 11) is 0. The summed E-state index contributed by atoms with van der Waals surface area (Å²) in [6, 6.07) is 15.4. The van der Waals surface area contributed by atoms with E-state index in [1.807, 2.05) is 24.3 Å². The van der Waals surface area contributed by atoms with E-state index >= 15 is 0 Å². The number of hydrogen-bond acceptors (Lipinski definition) is 4. The summed E-state index contributed by atoms with van der Waals surface area (Å²) >= 11 is 0. The molecule has 3 heterocycles. The van der Waals surface area contributed by atoms with Crippen LogP contribution in [0.1, 0.15) is 21.8 Å². The summed E-state index contributed by atoms with van der Waals surface area (Å²) < 4.78 is 13.5. The fourth-order valence-electron chi connectivity index (χ4n) is 4.76. The van der Waals surface area contributed by atoms with Crippen molar-refractivity contribution in [2.45, 2.75) is 18.0 Å². The highest BCUT2D eigenvalue weighted by molar-refractivity contribution is 6.07. The van der Waals surface area contributed by atoms with E-state index in [2.05, 4.69) is 10.3 Å². The van der Waals surface area contributed by atoms with Crippen LogP contribution < -0.4 is 10.2 Å². The minimum absolute atomic E-state index is 0.104. The fraction of sp³-hybridized carbons (Fsp3) is 0.208. The monoisotopic (exact) mass is 432 g/mol. The highest BCUT2D eigenvalue weighted by atomic mass is 19.1. The van der Waals surface area contributed by atoms with Crippen LogP contribution in [0.4, 0.5) is 20.6 Å². The molecular weight excluding hydrogens is 411 g/mol. The van der Waals surface area contributed by atoms with E-state index < -0.39 is 17.9 Å². The van der Waals surface area contributed by atoms with Gasteiger partial charge in [-0.15, -0.1) is 0 Å². The second kappa shape index (κ2) is 8.05. The molecule has 3 aromatic rings. The number of pyridine rings is 1. The Bertz CT molecular complexity index is 1170. The summed E-state index contributed by atoms with van der Waals surface area (Å²) in [5.41, 5.74) is 2.46. The molecule has 3 amide bonds. The van der Waals surface area contributed by atoms with Gasteiger partial charge in [0.15, 0.2) is 0 Å². The topological polar surface area (TPSA) is 85.8 Å². The summed E-state index contributed by atoms with van der Waals surface area (Å²) in [5.74, 6) is -0.767. The molecule has 1 aromatic heterocycles. The van der Waals surface area contributed by atoms with Gasteiger partial charge in [-0.1, -0.05) is 24.3 Å². The highest BCUT2D eigenvalue weighted by Crippen LogP contribution is 2.48. The predicted octanol–water partition coefficient (Wildman–Crippen LogP) is 3.24. The van der Waals surface area contributed by atoms with Crippen LogP contribution in [0, 0.1) is 5.82 Å². The van der Waals surface area contributed by atoms with Gasteiger partial charge in [-0.05, 0) is 42.0 Å². The molecule has 1 saturated heterocycles. The standard InChI is InChI=1S/C24H21FN4O3/c25-16-6-3-7-17(11-16)27-24(32)29-20-13-28(23(31)15-5-4-10-26-12-15)19-9-2-1-8-18(19)22(20)21(29)14-30/h1-12,20-22,30H,13-14H2,(H,27,32)/t20-,21-,22+/m1/s1.